The first-order chi connectivity index (χ1) is 10.1. The predicted molar refractivity (Wildman–Crippen MR) is 77.3 cm³/mol. The highest BCUT2D eigenvalue weighted by Gasteiger charge is 2.29. The fourth-order valence-corrected chi connectivity index (χ4v) is 2.46. The van der Waals surface area contributed by atoms with Crippen LogP contribution in [0.1, 0.15) is 5.56 Å². The molecule has 1 fully saturated rings. The number of hydrogen-bond donors (Lipinski definition) is 1. The first kappa shape index (κ1) is 13.6. The van der Waals surface area contributed by atoms with E-state index < -0.39 is 0 Å². The molecule has 0 spiro atoms. The third-order valence-electron chi connectivity index (χ3n) is 3.49. The number of phenolic OH excluding ortho intramolecular Hbond substituents is 1. The normalized spacial score (nSPS) is 15.7. The number of carbonyl (C=O) groups excluding carboxylic acids is 1. The van der Waals surface area contributed by atoms with E-state index in [1.54, 1.807) is 41.3 Å². The largest absolute Gasteiger partial charge is 0.506 e. The van der Waals surface area contributed by atoms with Gasteiger partial charge in [0.2, 0.25) is 5.91 Å². The summed E-state index contributed by atoms with van der Waals surface area (Å²) in [4.78, 5) is 15.6. The topological polar surface area (TPSA) is 43.8 Å². The average Bonchev–Trinajstić information content (AvgIpc) is 2.83. The first-order valence-corrected chi connectivity index (χ1v) is 6.68. The quantitative estimate of drug-likeness (QED) is 0.942. The van der Waals surface area contributed by atoms with E-state index in [0.717, 1.165) is 5.56 Å². The lowest BCUT2D eigenvalue weighted by molar-refractivity contribution is -0.116. The van der Waals surface area contributed by atoms with E-state index in [9.17, 15) is 14.3 Å². The van der Waals surface area contributed by atoms with Crippen LogP contribution in [-0.4, -0.2) is 29.1 Å². The second-order valence-electron chi connectivity index (χ2n) is 5.07. The van der Waals surface area contributed by atoms with E-state index in [4.69, 9.17) is 0 Å². The zero-order valence-corrected chi connectivity index (χ0v) is 11.4. The molecule has 108 valence electrons. The van der Waals surface area contributed by atoms with Gasteiger partial charge in [0.05, 0.1) is 18.9 Å². The molecule has 4 nitrogen and oxygen atoms in total. The van der Waals surface area contributed by atoms with Crippen LogP contribution in [0.25, 0.3) is 0 Å². The minimum absolute atomic E-state index is 0.0568. The van der Waals surface area contributed by atoms with Gasteiger partial charge < -0.3 is 5.11 Å². The Morgan fingerprint density at radius 2 is 1.81 bits per heavy atom. The lowest BCUT2D eigenvalue weighted by Crippen LogP contribution is -2.26. The number of hydrogen-bond acceptors (Lipinski definition) is 3. The molecule has 0 atom stereocenters. The Kier molecular flexibility index (Phi) is 3.58. The van der Waals surface area contributed by atoms with Crippen LogP contribution in [0, 0.1) is 5.82 Å². The van der Waals surface area contributed by atoms with Gasteiger partial charge >= 0.3 is 0 Å². The van der Waals surface area contributed by atoms with Gasteiger partial charge in [-0.2, -0.15) is 0 Å². The van der Waals surface area contributed by atoms with Crippen LogP contribution in [0.4, 0.5) is 10.1 Å². The molecule has 0 aliphatic carbocycles. The molecule has 0 radical (unpaired) electrons. The lowest BCUT2D eigenvalue weighted by Gasteiger charge is -2.19. The maximum Gasteiger partial charge on any atom is 0.242 e. The molecule has 1 saturated heterocycles. The van der Waals surface area contributed by atoms with Crippen LogP contribution in [0.5, 0.6) is 5.75 Å². The Hall–Kier alpha value is -2.40. The number of benzene rings is 2. The van der Waals surface area contributed by atoms with Crippen molar-refractivity contribution in [3.8, 4) is 5.75 Å². The molecule has 0 aromatic heterocycles. The summed E-state index contributed by atoms with van der Waals surface area (Å²) >= 11 is 0. The van der Waals surface area contributed by atoms with Gasteiger partial charge in [-0.05, 0) is 29.8 Å². The van der Waals surface area contributed by atoms with Crippen molar-refractivity contribution in [1.82, 2.24) is 4.90 Å². The molecule has 1 aliphatic heterocycles. The summed E-state index contributed by atoms with van der Waals surface area (Å²) in [5.74, 6) is -0.236. The third-order valence-corrected chi connectivity index (χ3v) is 3.49. The molecule has 5 heteroatoms. The van der Waals surface area contributed by atoms with Crippen molar-refractivity contribution < 1.29 is 14.3 Å². The SMILES string of the molecule is O=C1CN(Cc2ccc(F)cc2)CN1c1ccccc1O. The first-order valence-electron chi connectivity index (χ1n) is 6.68. The fraction of sp³-hybridized carbons (Fsp3) is 0.188. The third kappa shape index (κ3) is 2.87. The van der Waals surface area contributed by atoms with Gasteiger partial charge in [-0.25, -0.2) is 4.39 Å². The van der Waals surface area contributed by atoms with Crippen LogP contribution < -0.4 is 4.90 Å². The number of nitrogens with zero attached hydrogens (tertiary/aromatic N) is 2. The molecule has 21 heavy (non-hydrogen) atoms. The summed E-state index contributed by atoms with van der Waals surface area (Å²) < 4.78 is 12.9. The Morgan fingerprint density at radius 1 is 1.10 bits per heavy atom. The van der Waals surface area contributed by atoms with E-state index >= 15 is 0 Å². The van der Waals surface area contributed by atoms with Gasteiger partial charge in [0, 0.05) is 6.54 Å². The number of rotatable bonds is 3. The standard InChI is InChI=1S/C16H15FN2O2/c17-13-7-5-12(6-8-13)9-18-10-16(21)19(11-18)14-3-1-2-4-15(14)20/h1-8,20H,9-11H2. The van der Waals surface area contributed by atoms with Crippen LogP contribution in [0.3, 0.4) is 0 Å². The van der Waals surface area contributed by atoms with E-state index in [-0.39, 0.29) is 24.0 Å². The highest BCUT2D eigenvalue weighted by atomic mass is 19.1. The second-order valence-corrected chi connectivity index (χ2v) is 5.07. The van der Waals surface area contributed by atoms with Crippen LogP contribution >= 0.6 is 0 Å². The molecule has 0 saturated carbocycles. The van der Waals surface area contributed by atoms with Gasteiger partial charge in [-0.1, -0.05) is 24.3 Å². The number of phenols is 1. The van der Waals surface area contributed by atoms with Gasteiger partial charge in [0.15, 0.2) is 0 Å². The van der Waals surface area contributed by atoms with Crippen molar-refractivity contribution in [3.05, 3.63) is 59.9 Å². The van der Waals surface area contributed by atoms with Gasteiger partial charge in [0.1, 0.15) is 11.6 Å². The number of aromatic hydroxyl groups is 1. The molecule has 0 bridgehead atoms. The number of amides is 1. The zero-order chi connectivity index (χ0) is 14.8. The van der Waals surface area contributed by atoms with Gasteiger partial charge in [-0.3, -0.25) is 14.6 Å². The summed E-state index contributed by atoms with van der Waals surface area (Å²) in [6.07, 6.45) is 0. The van der Waals surface area contributed by atoms with E-state index in [0.29, 0.717) is 18.9 Å². The van der Waals surface area contributed by atoms with Crippen molar-refractivity contribution >= 4 is 11.6 Å². The Morgan fingerprint density at radius 3 is 2.52 bits per heavy atom. The summed E-state index contributed by atoms with van der Waals surface area (Å²) in [6.45, 7) is 1.26. The van der Waals surface area contributed by atoms with E-state index in [1.807, 2.05) is 4.90 Å². The summed E-state index contributed by atoms with van der Waals surface area (Å²) in [7, 11) is 0. The summed E-state index contributed by atoms with van der Waals surface area (Å²) in [6, 6.07) is 13.0. The number of para-hydroxylation sites is 2. The summed E-state index contributed by atoms with van der Waals surface area (Å²) in [5.41, 5.74) is 1.47. The molecule has 3 rings (SSSR count). The molecular weight excluding hydrogens is 271 g/mol. The molecule has 1 aliphatic rings. The highest BCUT2D eigenvalue weighted by Crippen LogP contribution is 2.29. The molecule has 2 aromatic carbocycles. The maximum atomic E-state index is 12.9. The van der Waals surface area contributed by atoms with Crippen molar-refractivity contribution in [3.63, 3.8) is 0 Å². The smallest absolute Gasteiger partial charge is 0.242 e. The minimum atomic E-state index is -0.271. The molecule has 1 amide bonds. The fourth-order valence-electron chi connectivity index (χ4n) is 2.46. The molecule has 0 unspecified atom stereocenters. The van der Waals surface area contributed by atoms with Crippen LogP contribution in [0.15, 0.2) is 48.5 Å². The summed E-state index contributed by atoms with van der Waals surface area (Å²) in [5, 5.41) is 9.84. The Labute approximate surface area is 122 Å². The van der Waals surface area contributed by atoms with E-state index in [2.05, 4.69) is 0 Å². The predicted octanol–water partition coefficient (Wildman–Crippen LogP) is 2.34. The van der Waals surface area contributed by atoms with Gasteiger partial charge in [0.25, 0.3) is 0 Å². The minimum Gasteiger partial charge on any atom is -0.506 e. The lowest BCUT2D eigenvalue weighted by atomic mass is 10.2. The monoisotopic (exact) mass is 286 g/mol. The van der Waals surface area contributed by atoms with Crippen molar-refractivity contribution in [1.29, 1.82) is 0 Å². The molecular formula is C16H15FN2O2. The van der Waals surface area contributed by atoms with Crippen molar-refractivity contribution in [2.24, 2.45) is 0 Å². The van der Waals surface area contributed by atoms with Crippen molar-refractivity contribution in [2.45, 2.75) is 6.54 Å². The molecule has 1 heterocycles. The van der Waals surface area contributed by atoms with Gasteiger partial charge in [-0.15, -0.1) is 0 Å². The average molecular weight is 286 g/mol. The van der Waals surface area contributed by atoms with Crippen LogP contribution in [0.2, 0.25) is 0 Å². The Bertz CT molecular complexity index is 658. The van der Waals surface area contributed by atoms with E-state index in [1.165, 1.54) is 12.1 Å². The second kappa shape index (κ2) is 5.54. The molecule has 1 N–H and O–H groups in total. The maximum absolute atomic E-state index is 12.9. The number of carbonyl (C=O) groups is 1. The molecule has 2 aromatic rings. The zero-order valence-electron chi connectivity index (χ0n) is 11.4. The number of halogens is 1. The Balaban J connectivity index is 1.73. The number of anilines is 1. The highest BCUT2D eigenvalue weighted by molar-refractivity contribution is 5.97. The van der Waals surface area contributed by atoms with Crippen molar-refractivity contribution in [2.75, 3.05) is 18.1 Å². The van der Waals surface area contributed by atoms with Crippen LogP contribution in [-0.2, 0) is 11.3 Å².